The van der Waals surface area contributed by atoms with Gasteiger partial charge in [-0.05, 0) is 33.2 Å². The topological polar surface area (TPSA) is 71.2 Å². The maximum Gasteiger partial charge on any atom is 0.252 e. The lowest BCUT2D eigenvalue weighted by Crippen LogP contribution is -2.31. The molecule has 0 radical (unpaired) electrons. The molecule has 0 fully saturated rings. The predicted octanol–water partition coefficient (Wildman–Crippen LogP) is 0.543. The van der Waals surface area contributed by atoms with E-state index in [0.29, 0.717) is 11.4 Å². The average Bonchev–Trinajstić information content (AvgIpc) is 2.16. The number of nitrogens with one attached hydrogen (secondary N) is 1. The zero-order chi connectivity index (χ0) is 12.1. The molecule has 3 N–H and O–H groups in total. The number of aromatic nitrogens is 1. The van der Waals surface area contributed by atoms with Crippen molar-refractivity contribution in [1.29, 1.82) is 0 Å². The average molecular weight is 222 g/mol. The van der Waals surface area contributed by atoms with Crippen LogP contribution in [0.4, 0.5) is 5.82 Å². The molecule has 0 bridgehead atoms. The highest BCUT2D eigenvalue weighted by Crippen LogP contribution is 2.11. The smallest absolute Gasteiger partial charge is 0.252 e. The van der Waals surface area contributed by atoms with Gasteiger partial charge < -0.3 is 16.0 Å². The molecule has 1 aromatic rings. The second kappa shape index (κ2) is 5.46. The number of hydrogen-bond acceptors (Lipinski definition) is 4. The third-order valence-corrected chi connectivity index (χ3v) is 2.10. The van der Waals surface area contributed by atoms with Gasteiger partial charge in [-0.3, -0.25) is 4.79 Å². The van der Waals surface area contributed by atoms with Crippen molar-refractivity contribution < 1.29 is 4.79 Å². The van der Waals surface area contributed by atoms with Crippen LogP contribution in [0.2, 0.25) is 0 Å². The predicted molar refractivity (Wildman–Crippen MR) is 64.4 cm³/mol. The molecule has 88 valence electrons. The first-order chi connectivity index (χ1) is 7.50. The molecule has 1 heterocycles. The zero-order valence-electron chi connectivity index (χ0n) is 9.90. The van der Waals surface area contributed by atoms with Crippen molar-refractivity contribution in [2.24, 2.45) is 5.73 Å². The van der Waals surface area contributed by atoms with Gasteiger partial charge in [-0.15, -0.1) is 0 Å². The summed E-state index contributed by atoms with van der Waals surface area (Å²) >= 11 is 0. The summed E-state index contributed by atoms with van der Waals surface area (Å²) in [5, 5.41) is 3.17. The number of nitrogens with two attached hydrogens (primary N) is 1. The standard InChI is InChI=1S/C11H18N4O/c1-8(7-15(2)3)14-11-9(10(12)16)5-4-6-13-11/h4-6,8H,7H2,1-3H3,(H2,12,16)(H,13,14). The minimum atomic E-state index is -0.465. The van der Waals surface area contributed by atoms with Gasteiger partial charge in [-0.25, -0.2) is 4.98 Å². The van der Waals surface area contributed by atoms with Crippen LogP contribution >= 0.6 is 0 Å². The SMILES string of the molecule is CC(CN(C)C)Nc1ncccc1C(N)=O. The Bertz CT molecular complexity index is 365. The Kier molecular flexibility index (Phi) is 4.25. The van der Waals surface area contributed by atoms with E-state index in [9.17, 15) is 4.79 Å². The molecular weight excluding hydrogens is 204 g/mol. The minimum absolute atomic E-state index is 0.197. The summed E-state index contributed by atoms with van der Waals surface area (Å²) in [6.07, 6.45) is 1.64. The molecular formula is C11H18N4O. The highest BCUT2D eigenvalue weighted by Gasteiger charge is 2.11. The second-order valence-corrected chi connectivity index (χ2v) is 4.07. The lowest BCUT2D eigenvalue weighted by Gasteiger charge is -2.19. The van der Waals surface area contributed by atoms with Gasteiger partial charge in [-0.1, -0.05) is 0 Å². The van der Waals surface area contributed by atoms with Crippen LogP contribution in [0.15, 0.2) is 18.3 Å². The Morgan fingerprint density at radius 1 is 1.62 bits per heavy atom. The van der Waals surface area contributed by atoms with Crippen LogP contribution in [0.25, 0.3) is 0 Å². The fourth-order valence-corrected chi connectivity index (χ4v) is 1.55. The molecule has 0 aliphatic carbocycles. The molecule has 0 saturated carbocycles. The normalized spacial score (nSPS) is 12.5. The molecule has 5 nitrogen and oxygen atoms in total. The van der Waals surface area contributed by atoms with Gasteiger partial charge in [0.15, 0.2) is 0 Å². The zero-order valence-corrected chi connectivity index (χ0v) is 9.90. The molecule has 1 rings (SSSR count). The van der Waals surface area contributed by atoms with Crippen molar-refractivity contribution in [3.8, 4) is 0 Å². The summed E-state index contributed by atoms with van der Waals surface area (Å²) in [5.74, 6) is 0.0806. The third-order valence-electron chi connectivity index (χ3n) is 2.10. The summed E-state index contributed by atoms with van der Waals surface area (Å²) in [6, 6.07) is 3.56. The van der Waals surface area contributed by atoms with Crippen LogP contribution in [-0.2, 0) is 0 Å². The highest BCUT2D eigenvalue weighted by molar-refractivity contribution is 5.97. The first kappa shape index (κ1) is 12.4. The van der Waals surface area contributed by atoms with E-state index < -0.39 is 5.91 Å². The molecule has 0 saturated heterocycles. The van der Waals surface area contributed by atoms with Gasteiger partial charge in [-0.2, -0.15) is 0 Å². The van der Waals surface area contributed by atoms with Crippen LogP contribution in [0.5, 0.6) is 0 Å². The number of anilines is 1. The Balaban J connectivity index is 2.76. The molecule has 0 spiro atoms. The summed E-state index contributed by atoms with van der Waals surface area (Å²) < 4.78 is 0. The first-order valence-corrected chi connectivity index (χ1v) is 5.16. The molecule has 1 unspecified atom stereocenters. The highest BCUT2D eigenvalue weighted by atomic mass is 16.1. The molecule has 1 amide bonds. The van der Waals surface area contributed by atoms with E-state index in [1.54, 1.807) is 18.3 Å². The fourth-order valence-electron chi connectivity index (χ4n) is 1.55. The Hall–Kier alpha value is -1.62. The van der Waals surface area contributed by atoms with Crippen LogP contribution in [0.1, 0.15) is 17.3 Å². The molecule has 1 aromatic heterocycles. The van der Waals surface area contributed by atoms with Crippen molar-refractivity contribution in [3.05, 3.63) is 23.9 Å². The summed E-state index contributed by atoms with van der Waals surface area (Å²) in [7, 11) is 3.98. The van der Waals surface area contributed by atoms with E-state index >= 15 is 0 Å². The third kappa shape index (κ3) is 3.51. The van der Waals surface area contributed by atoms with Crippen molar-refractivity contribution in [2.45, 2.75) is 13.0 Å². The quantitative estimate of drug-likeness (QED) is 0.763. The number of amides is 1. The van der Waals surface area contributed by atoms with E-state index in [0.717, 1.165) is 6.54 Å². The Morgan fingerprint density at radius 3 is 2.88 bits per heavy atom. The number of nitrogens with zero attached hydrogens (tertiary/aromatic N) is 2. The van der Waals surface area contributed by atoms with Crippen LogP contribution < -0.4 is 11.1 Å². The van der Waals surface area contributed by atoms with E-state index in [2.05, 4.69) is 15.2 Å². The van der Waals surface area contributed by atoms with Crippen LogP contribution in [0, 0.1) is 0 Å². The second-order valence-electron chi connectivity index (χ2n) is 4.07. The lowest BCUT2D eigenvalue weighted by molar-refractivity contribution is 0.100. The van der Waals surface area contributed by atoms with Gasteiger partial charge >= 0.3 is 0 Å². The first-order valence-electron chi connectivity index (χ1n) is 5.16. The number of rotatable bonds is 5. The monoisotopic (exact) mass is 222 g/mol. The van der Waals surface area contributed by atoms with Crippen molar-refractivity contribution in [1.82, 2.24) is 9.88 Å². The van der Waals surface area contributed by atoms with E-state index in [1.807, 2.05) is 21.0 Å². The van der Waals surface area contributed by atoms with Crippen molar-refractivity contribution in [3.63, 3.8) is 0 Å². The van der Waals surface area contributed by atoms with Gasteiger partial charge in [0.1, 0.15) is 5.82 Å². The van der Waals surface area contributed by atoms with Crippen molar-refractivity contribution in [2.75, 3.05) is 26.0 Å². The summed E-state index contributed by atoms with van der Waals surface area (Å²) in [6.45, 7) is 2.88. The summed E-state index contributed by atoms with van der Waals surface area (Å²) in [5.41, 5.74) is 5.69. The van der Waals surface area contributed by atoms with Crippen molar-refractivity contribution >= 4 is 11.7 Å². The van der Waals surface area contributed by atoms with Gasteiger partial charge in [0.2, 0.25) is 0 Å². The molecule has 0 aliphatic heterocycles. The minimum Gasteiger partial charge on any atom is -0.366 e. The van der Waals surface area contributed by atoms with Gasteiger partial charge in [0, 0.05) is 18.8 Å². The van der Waals surface area contributed by atoms with Gasteiger partial charge in [0.05, 0.1) is 5.56 Å². The summed E-state index contributed by atoms with van der Waals surface area (Å²) in [4.78, 5) is 17.3. The van der Waals surface area contributed by atoms with Crippen LogP contribution in [-0.4, -0.2) is 42.5 Å². The Labute approximate surface area is 95.7 Å². The van der Waals surface area contributed by atoms with E-state index in [1.165, 1.54) is 0 Å². The molecule has 0 aromatic carbocycles. The fraction of sp³-hybridized carbons (Fsp3) is 0.455. The Morgan fingerprint density at radius 2 is 2.31 bits per heavy atom. The largest absolute Gasteiger partial charge is 0.366 e. The number of pyridine rings is 1. The molecule has 1 atom stereocenters. The number of carbonyl (C=O) groups excluding carboxylic acids is 1. The van der Waals surface area contributed by atoms with Gasteiger partial charge in [0.25, 0.3) is 5.91 Å². The number of hydrogen-bond donors (Lipinski definition) is 2. The van der Waals surface area contributed by atoms with E-state index in [4.69, 9.17) is 5.73 Å². The number of likely N-dealkylation sites (N-methyl/N-ethyl adjacent to an activating group) is 1. The number of primary amides is 1. The molecule has 16 heavy (non-hydrogen) atoms. The van der Waals surface area contributed by atoms with Crippen LogP contribution in [0.3, 0.4) is 0 Å². The lowest BCUT2D eigenvalue weighted by atomic mass is 10.2. The molecule has 5 heteroatoms. The maximum atomic E-state index is 11.2. The van der Waals surface area contributed by atoms with E-state index in [-0.39, 0.29) is 6.04 Å². The molecule has 0 aliphatic rings. The number of carbonyl (C=O) groups is 1. The maximum absolute atomic E-state index is 11.2.